The minimum absolute atomic E-state index is 0.194. The molecule has 2 aliphatic rings. The van der Waals surface area contributed by atoms with Gasteiger partial charge in [-0.2, -0.15) is 0 Å². The second kappa shape index (κ2) is 5.04. The van der Waals surface area contributed by atoms with Crippen molar-refractivity contribution in [2.45, 2.75) is 31.2 Å². The average Bonchev–Trinajstić information content (AvgIpc) is 2.67. The molecule has 2 nitrogen and oxygen atoms in total. The summed E-state index contributed by atoms with van der Waals surface area (Å²) in [5.74, 6) is 0.509. The Morgan fingerprint density at radius 1 is 1.05 bits per heavy atom. The Bertz CT molecular complexity index is 698. The maximum atomic E-state index is 10.1. The summed E-state index contributed by atoms with van der Waals surface area (Å²) in [5.41, 5.74) is 5.32. The number of hydrogen-bond donors (Lipinski definition) is 2. The fourth-order valence-corrected chi connectivity index (χ4v) is 4.07. The van der Waals surface area contributed by atoms with E-state index in [9.17, 15) is 5.11 Å². The van der Waals surface area contributed by atoms with Crippen molar-refractivity contribution in [3.8, 4) is 5.75 Å². The lowest BCUT2D eigenvalue weighted by atomic mass is 9.75. The van der Waals surface area contributed by atoms with Crippen LogP contribution < -0.4 is 5.32 Å². The molecule has 0 aromatic heterocycles. The summed E-state index contributed by atoms with van der Waals surface area (Å²) in [5, 5.41) is 14.2. The zero-order valence-electron chi connectivity index (χ0n) is 11.8. The van der Waals surface area contributed by atoms with Gasteiger partial charge in [-0.15, -0.1) is 0 Å². The fourth-order valence-electron chi connectivity index (χ4n) is 3.88. The lowest BCUT2D eigenvalue weighted by molar-refractivity contribution is 0.432. The van der Waals surface area contributed by atoms with Gasteiger partial charge in [0.2, 0.25) is 0 Å². The monoisotopic (exact) mass is 299 g/mol. The number of phenols is 1. The Morgan fingerprint density at radius 3 is 2.81 bits per heavy atom. The Hall–Kier alpha value is -1.51. The van der Waals surface area contributed by atoms with Gasteiger partial charge in [0.25, 0.3) is 0 Å². The summed E-state index contributed by atoms with van der Waals surface area (Å²) in [6, 6.07) is 12.9. The lowest BCUT2D eigenvalue weighted by Gasteiger charge is -2.34. The highest BCUT2D eigenvalue weighted by molar-refractivity contribution is 6.32. The van der Waals surface area contributed by atoms with Crippen molar-refractivity contribution in [2.24, 2.45) is 0 Å². The number of phenolic OH excluding ortho intramolecular Hbond substituents is 1. The van der Waals surface area contributed by atoms with Crippen LogP contribution in [-0.2, 0) is 12.8 Å². The Kier molecular flexibility index (Phi) is 3.16. The highest BCUT2D eigenvalue weighted by Crippen LogP contribution is 2.42. The van der Waals surface area contributed by atoms with Gasteiger partial charge >= 0.3 is 0 Å². The van der Waals surface area contributed by atoms with Crippen molar-refractivity contribution in [1.82, 2.24) is 5.32 Å². The third-order valence-corrected chi connectivity index (χ3v) is 5.16. The lowest BCUT2D eigenvalue weighted by Crippen LogP contribution is -2.38. The first kappa shape index (κ1) is 13.2. The van der Waals surface area contributed by atoms with Crippen LogP contribution in [0.4, 0.5) is 0 Å². The molecule has 4 rings (SSSR count). The number of aromatic hydroxyl groups is 1. The topological polar surface area (TPSA) is 32.3 Å². The summed E-state index contributed by atoms with van der Waals surface area (Å²) in [4.78, 5) is 0. The van der Waals surface area contributed by atoms with E-state index in [1.165, 1.54) is 22.3 Å². The van der Waals surface area contributed by atoms with Crippen LogP contribution in [0.5, 0.6) is 5.75 Å². The van der Waals surface area contributed by atoms with Crippen molar-refractivity contribution in [3.63, 3.8) is 0 Å². The molecule has 0 radical (unpaired) electrons. The van der Waals surface area contributed by atoms with Gasteiger partial charge in [0.1, 0.15) is 5.75 Å². The van der Waals surface area contributed by atoms with Gasteiger partial charge < -0.3 is 10.4 Å². The number of fused-ring (bicyclic) bond motifs is 5. The second-order valence-electron chi connectivity index (χ2n) is 6.03. The smallest absolute Gasteiger partial charge is 0.134 e. The average molecular weight is 300 g/mol. The molecule has 0 saturated carbocycles. The predicted molar refractivity (Wildman–Crippen MR) is 85.2 cm³/mol. The highest BCUT2D eigenvalue weighted by Gasteiger charge is 2.33. The van der Waals surface area contributed by atoms with Crippen LogP contribution in [0, 0.1) is 0 Å². The molecule has 2 aromatic rings. The SMILES string of the molecule is Oc1cc2c(cc1Cl)CCN[C@@H]1CCc3ccccc3[C@@H]21. The van der Waals surface area contributed by atoms with E-state index < -0.39 is 0 Å². The van der Waals surface area contributed by atoms with E-state index in [-0.39, 0.29) is 5.75 Å². The van der Waals surface area contributed by atoms with E-state index >= 15 is 0 Å². The molecule has 0 bridgehead atoms. The van der Waals surface area contributed by atoms with Crippen molar-refractivity contribution < 1.29 is 5.11 Å². The summed E-state index contributed by atoms with van der Waals surface area (Å²) < 4.78 is 0. The predicted octanol–water partition coefficient (Wildman–Crippen LogP) is 3.64. The maximum absolute atomic E-state index is 10.1. The third-order valence-electron chi connectivity index (χ3n) is 4.86. The maximum Gasteiger partial charge on any atom is 0.134 e. The van der Waals surface area contributed by atoms with Crippen molar-refractivity contribution >= 4 is 11.6 Å². The molecule has 3 heteroatoms. The number of hydrogen-bond acceptors (Lipinski definition) is 2. The van der Waals surface area contributed by atoms with Gasteiger partial charge in [-0.1, -0.05) is 35.9 Å². The van der Waals surface area contributed by atoms with Crippen LogP contribution in [0.1, 0.15) is 34.6 Å². The van der Waals surface area contributed by atoms with Gasteiger partial charge in [0.05, 0.1) is 5.02 Å². The van der Waals surface area contributed by atoms with E-state index in [2.05, 4.69) is 29.6 Å². The van der Waals surface area contributed by atoms with E-state index in [4.69, 9.17) is 11.6 Å². The minimum Gasteiger partial charge on any atom is -0.506 e. The molecule has 1 aliphatic carbocycles. The molecule has 2 aromatic carbocycles. The second-order valence-corrected chi connectivity index (χ2v) is 6.44. The van der Waals surface area contributed by atoms with E-state index in [0.29, 0.717) is 17.0 Å². The zero-order chi connectivity index (χ0) is 14.4. The summed E-state index contributed by atoms with van der Waals surface area (Å²) >= 11 is 6.10. The van der Waals surface area contributed by atoms with Gasteiger partial charge in [-0.05, 0) is 60.2 Å². The van der Waals surface area contributed by atoms with Gasteiger partial charge in [-0.3, -0.25) is 0 Å². The Balaban J connectivity index is 1.93. The third kappa shape index (κ3) is 2.14. The van der Waals surface area contributed by atoms with Crippen molar-refractivity contribution in [1.29, 1.82) is 0 Å². The largest absolute Gasteiger partial charge is 0.506 e. The molecule has 0 spiro atoms. The molecule has 1 heterocycles. The van der Waals surface area contributed by atoms with E-state index in [0.717, 1.165) is 25.8 Å². The quantitative estimate of drug-likeness (QED) is 0.778. The number of rotatable bonds is 0. The number of benzene rings is 2. The van der Waals surface area contributed by atoms with Gasteiger partial charge in [0.15, 0.2) is 0 Å². The van der Waals surface area contributed by atoms with Crippen LogP contribution in [0.3, 0.4) is 0 Å². The molecule has 0 saturated heterocycles. The summed E-state index contributed by atoms with van der Waals surface area (Å²) in [6.45, 7) is 0.970. The molecule has 2 N–H and O–H groups in total. The molecular weight excluding hydrogens is 282 g/mol. The molecule has 0 unspecified atom stereocenters. The fraction of sp³-hybridized carbons (Fsp3) is 0.333. The summed E-state index contributed by atoms with van der Waals surface area (Å²) in [7, 11) is 0. The molecule has 1 aliphatic heterocycles. The number of halogens is 1. The Labute approximate surface area is 129 Å². The first-order chi connectivity index (χ1) is 10.2. The normalized spacial score (nSPS) is 23.7. The van der Waals surface area contributed by atoms with Gasteiger partial charge in [-0.25, -0.2) is 0 Å². The Morgan fingerprint density at radius 2 is 1.90 bits per heavy atom. The van der Waals surface area contributed by atoms with Crippen LogP contribution in [0.25, 0.3) is 0 Å². The number of aryl methyl sites for hydroxylation is 1. The zero-order valence-corrected chi connectivity index (χ0v) is 12.5. The molecular formula is C18H18ClNO. The summed E-state index contributed by atoms with van der Waals surface area (Å²) in [6.07, 6.45) is 3.23. The molecule has 0 amide bonds. The first-order valence-corrected chi connectivity index (χ1v) is 7.94. The molecule has 2 atom stereocenters. The standard InChI is InChI=1S/C18H18ClNO/c19-15-9-12-7-8-20-16-6-5-11-3-1-2-4-13(11)18(16)14(12)10-17(15)21/h1-4,9-10,16,18,20-21H,5-8H2/t16-,18+/m1/s1. The van der Waals surface area contributed by atoms with Crippen molar-refractivity contribution in [3.05, 3.63) is 63.7 Å². The molecule has 21 heavy (non-hydrogen) atoms. The van der Waals surface area contributed by atoms with Crippen LogP contribution >= 0.6 is 11.6 Å². The van der Waals surface area contributed by atoms with Crippen molar-refractivity contribution in [2.75, 3.05) is 6.54 Å². The molecule has 108 valence electrons. The minimum atomic E-state index is 0.194. The highest BCUT2D eigenvalue weighted by atomic mass is 35.5. The van der Waals surface area contributed by atoms with Crippen LogP contribution in [0.15, 0.2) is 36.4 Å². The van der Waals surface area contributed by atoms with E-state index in [1.54, 1.807) is 0 Å². The van der Waals surface area contributed by atoms with Gasteiger partial charge in [0, 0.05) is 12.0 Å². The first-order valence-electron chi connectivity index (χ1n) is 7.56. The number of nitrogens with one attached hydrogen (secondary N) is 1. The van der Waals surface area contributed by atoms with Crippen LogP contribution in [0.2, 0.25) is 5.02 Å². The van der Waals surface area contributed by atoms with E-state index in [1.807, 2.05) is 12.1 Å². The van der Waals surface area contributed by atoms with Crippen LogP contribution in [-0.4, -0.2) is 17.7 Å². The molecule has 0 fully saturated rings.